The molecule has 10 heteroatoms. The lowest BCUT2D eigenvalue weighted by Crippen LogP contribution is -2.16. The summed E-state index contributed by atoms with van der Waals surface area (Å²) in [6, 6.07) is 12.0. The molecule has 8 nitrogen and oxygen atoms in total. The van der Waals surface area contributed by atoms with E-state index >= 15 is 0 Å². The van der Waals surface area contributed by atoms with E-state index in [4.69, 9.17) is 0 Å². The molecule has 0 fully saturated rings. The summed E-state index contributed by atoms with van der Waals surface area (Å²) in [4.78, 5) is 0.703. The summed E-state index contributed by atoms with van der Waals surface area (Å²) in [6.07, 6.45) is 0. The van der Waals surface area contributed by atoms with Crippen LogP contribution in [0.1, 0.15) is 86.1 Å². The Balaban J connectivity index is 0.000000269. The normalized spacial score (nSPS) is 12.4. The maximum atomic E-state index is 13.5. The summed E-state index contributed by atoms with van der Waals surface area (Å²) in [5, 5.41) is 39.9. The summed E-state index contributed by atoms with van der Waals surface area (Å²) >= 11 is 0. The summed E-state index contributed by atoms with van der Waals surface area (Å²) in [7, 11) is -7.52. The Morgan fingerprint density at radius 2 is 0.604 bits per heavy atom. The van der Waals surface area contributed by atoms with Gasteiger partial charge in [0.05, 0.1) is 19.6 Å². The summed E-state index contributed by atoms with van der Waals surface area (Å²) in [5.74, 6) is 0.337. The van der Waals surface area contributed by atoms with Crippen molar-refractivity contribution in [2.75, 3.05) is 0 Å². The van der Waals surface area contributed by atoms with Gasteiger partial charge in [-0.3, -0.25) is 0 Å². The Morgan fingerprint density at radius 3 is 0.854 bits per heavy atom. The molecule has 0 spiro atoms. The van der Waals surface area contributed by atoms with Crippen LogP contribution in [-0.4, -0.2) is 37.3 Å². The van der Waals surface area contributed by atoms with Crippen LogP contribution >= 0.6 is 0 Å². The van der Waals surface area contributed by atoms with E-state index < -0.39 is 30.5 Å². The van der Waals surface area contributed by atoms with Gasteiger partial charge in [-0.15, -0.1) is 0 Å². The average molecular weight is 697 g/mol. The Labute approximate surface area is 285 Å². The van der Waals surface area contributed by atoms with Crippen LogP contribution in [0.15, 0.2) is 68.1 Å². The van der Waals surface area contributed by atoms with Gasteiger partial charge in [-0.25, -0.2) is 16.8 Å². The minimum absolute atomic E-state index is 0.0741. The highest BCUT2D eigenvalue weighted by atomic mass is 32.2. The Kier molecular flexibility index (Phi) is 10.5. The summed E-state index contributed by atoms with van der Waals surface area (Å²) < 4.78 is 52.7. The van der Waals surface area contributed by atoms with Crippen molar-refractivity contribution in [1.82, 2.24) is 0 Å². The van der Waals surface area contributed by atoms with Crippen molar-refractivity contribution in [1.29, 1.82) is 0 Å². The van der Waals surface area contributed by atoms with Gasteiger partial charge in [-0.1, -0.05) is 41.5 Å². The molecule has 0 aliphatic carbocycles. The SMILES string of the molecule is Cc1cc(O)c(C(C)(C)C)cc1S(=O)(=O)c1cc(C(C)(C)C)c(O)cc1C.Cc1cc(S(=O)(=O)c2cc(C)c(O)cc2C)c(C)cc1O. The molecule has 0 amide bonds. The molecule has 48 heavy (non-hydrogen) atoms. The van der Waals surface area contributed by atoms with Gasteiger partial charge in [0, 0.05) is 11.1 Å². The Bertz CT molecular complexity index is 1970. The lowest BCUT2D eigenvalue weighted by Gasteiger charge is -2.24. The number of hydrogen-bond acceptors (Lipinski definition) is 8. The molecule has 0 radical (unpaired) electrons. The van der Waals surface area contributed by atoms with Crippen molar-refractivity contribution in [3.05, 3.63) is 93.0 Å². The van der Waals surface area contributed by atoms with Crippen molar-refractivity contribution in [2.24, 2.45) is 0 Å². The molecule has 0 unspecified atom stereocenters. The van der Waals surface area contributed by atoms with Gasteiger partial charge in [-0.2, -0.15) is 0 Å². The fourth-order valence-corrected chi connectivity index (χ4v) is 9.11. The second-order valence-electron chi connectivity index (χ2n) is 14.6. The second-order valence-corrected chi connectivity index (χ2v) is 18.4. The van der Waals surface area contributed by atoms with Gasteiger partial charge in [0.1, 0.15) is 23.0 Å². The zero-order valence-corrected chi connectivity index (χ0v) is 31.5. The quantitative estimate of drug-likeness (QED) is 0.167. The predicted molar refractivity (Wildman–Crippen MR) is 189 cm³/mol. The van der Waals surface area contributed by atoms with Crippen LogP contribution < -0.4 is 0 Å². The molecular weight excluding hydrogens is 649 g/mol. The third-order valence-corrected chi connectivity index (χ3v) is 12.4. The van der Waals surface area contributed by atoms with E-state index in [1.54, 1.807) is 53.7 Å². The Hall–Kier alpha value is -4.02. The first kappa shape index (κ1) is 38.4. The molecule has 0 bridgehead atoms. The number of phenols is 4. The van der Waals surface area contributed by atoms with Gasteiger partial charge in [-0.05, 0) is 134 Å². The molecule has 4 N–H and O–H groups in total. The van der Waals surface area contributed by atoms with E-state index in [0.29, 0.717) is 44.5 Å². The van der Waals surface area contributed by atoms with Gasteiger partial charge in [0.15, 0.2) is 0 Å². The van der Waals surface area contributed by atoms with Crippen LogP contribution in [0, 0.1) is 41.5 Å². The van der Waals surface area contributed by atoms with Crippen LogP contribution in [-0.2, 0) is 30.5 Å². The maximum absolute atomic E-state index is 13.5. The van der Waals surface area contributed by atoms with Gasteiger partial charge in [0.25, 0.3) is 0 Å². The third-order valence-electron chi connectivity index (χ3n) is 8.35. The molecule has 0 aliphatic heterocycles. The number of phenolic OH excluding ortho intramolecular Hbond substituents is 4. The number of aromatic hydroxyl groups is 4. The van der Waals surface area contributed by atoms with E-state index in [9.17, 15) is 37.3 Å². The van der Waals surface area contributed by atoms with Crippen molar-refractivity contribution in [2.45, 2.75) is 113 Å². The van der Waals surface area contributed by atoms with Crippen LogP contribution in [0.2, 0.25) is 0 Å². The van der Waals surface area contributed by atoms with E-state index in [1.807, 2.05) is 41.5 Å². The van der Waals surface area contributed by atoms with Crippen LogP contribution in [0.4, 0.5) is 0 Å². The topological polar surface area (TPSA) is 149 Å². The molecule has 4 aromatic carbocycles. The van der Waals surface area contributed by atoms with Crippen LogP contribution in [0.3, 0.4) is 0 Å². The number of benzene rings is 4. The highest BCUT2D eigenvalue weighted by molar-refractivity contribution is 7.92. The standard InChI is InChI=1S/C22H30O4S.C16H18O4S/c1-13-9-17(23)15(21(3,4)5)11-19(13)27(25,26)20-12-16(22(6,7)8)18(24)10-14(20)2;1-9-7-15(11(3)5-13(9)17)21(19,20)16-8-10(2)14(18)6-12(16)4/h9-12,23-24H,1-8H3;5-8,17-18H,1-4H3. The fourth-order valence-electron chi connectivity index (χ4n) is 5.49. The lowest BCUT2D eigenvalue weighted by atomic mass is 9.86. The maximum Gasteiger partial charge on any atom is 0.207 e. The van der Waals surface area contributed by atoms with Gasteiger partial charge < -0.3 is 20.4 Å². The number of sulfone groups is 2. The van der Waals surface area contributed by atoms with E-state index in [0.717, 1.165) is 0 Å². The minimum atomic E-state index is -3.82. The smallest absolute Gasteiger partial charge is 0.207 e. The third kappa shape index (κ3) is 7.65. The zero-order chi connectivity index (χ0) is 36.9. The molecule has 0 heterocycles. The van der Waals surface area contributed by atoms with Crippen LogP contribution in [0.25, 0.3) is 0 Å². The van der Waals surface area contributed by atoms with E-state index in [-0.39, 0.29) is 42.6 Å². The summed E-state index contributed by atoms with van der Waals surface area (Å²) in [6.45, 7) is 21.5. The van der Waals surface area contributed by atoms with Crippen LogP contribution in [0.5, 0.6) is 23.0 Å². The predicted octanol–water partition coefficient (Wildman–Crippen LogP) is 8.31. The van der Waals surface area contributed by atoms with Gasteiger partial charge in [0.2, 0.25) is 19.7 Å². The largest absolute Gasteiger partial charge is 0.508 e. The first-order valence-electron chi connectivity index (χ1n) is 15.5. The monoisotopic (exact) mass is 696 g/mol. The highest BCUT2D eigenvalue weighted by Gasteiger charge is 2.30. The summed E-state index contributed by atoms with van der Waals surface area (Å²) in [5.41, 5.74) is 3.34. The zero-order valence-electron chi connectivity index (χ0n) is 29.9. The number of aryl methyl sites for hydroxylation is 6. The lowest BCUT2D eigenvalue weighted by molar-refractivity contribution is 0.444. The number of hydrogen-bond donors (Lipinski definition) is 4. The first-order chi connectivity index (χ1) is 21.7. The molecular formula is C38H48O8S2. The van der Waals surface area contributed by atoms with Crippen molar-refractivity contribution >= 4 is 19.7 Å². The molecule has 260 valence electrons. The molecule has 0 saturated carbocycles. The fraction of sp³-hybridized carbons (Fsp3) is 0.368. The Morgan fingerprint density at radius 1 is 0.375 bits per heavy atom. The second kappa shape index (κ2) is 13.1. The number of rotatable bonds is 4. The van der Waals surface area contributed by atoms with Gasteiger partial charge >= 0.3 is 0 Å². The molecule has 0 aliphatic rings. The molecule has 0 saturated heterocycles. The first-order valence-corrected chi connectivity index (χ1v) is 18.5. The molecule has 4 aromatic rings. The van der Waals surface area contributed by atoms with Crippen molar-refractivity contribution in [3.8, 4) is 23.0 Å². The highest BCUT2D eigenvalue weighted by Crippen LogP contribution is 2.40. The van der Waals surface area contributed by atoms with E-state index in [2.05, 4.69) is 0 Å². The molecule has 4 rings (SSSR count). The molecule has 0 aromatic heterocycles. The minimum Gasteiger partial charge on any atom is -0.508 e. The average Bonchev–Trinajstić information content (AvgIpc) is 2.91. The molecule has 0 atom stereocenters. The van der Waals surface area contributed by atoms with E-state index in [1.165, 1.54) is 36.4 Å². The van der Waals surface area contributed by atoms with Crippen molar-refractivity contribution < 1.29 is 37.3 Å². The van der Waals surface area contributed by atoms with Crippen molar-refractivity contribution in [3.63, 3.8) is 0 Å².